The maximum absolute atomic E-state index is 12.0. The number of rotatable bonds is 4. The number of amides is 2. The van der Waals surface area contributed by atoms with Crippen LogP contribution < -0.4 is 5.43 Å². The van der Waals surface area contributed by atoms with E-state index in [0.717, 1.165) is 19.3 Å². The second-order valence-electron chi connectivity index (χ2n) is 5.29. The predicted octanol–water partition coefficient (Wildman–Crippen LogP) is 2.61. The Labute approximate surface area is 120 Å². The number of nitrogens with zero attached hydrogens (tertiary/aromatic N) is 1. The van der Waals surface area contributed by atoms with Crippen LogP contribution in [0.4, 0.5) is 0 Å². The molecule has 1 heterocycles. The Morgan fingerprint density at radius 3 is 2.80 bits per heavy atom. The lowest BCUT2D eigenvalue weighted by molar-refractivity contribution is -0.141. The zero-order valence-electron chi connectivity index (χ0n) is 12.0. The molecule has 0 aliphatic carbocycles. The largest absolute Gasteiger partial charge is 0.273 e. The van der Waals surface area contributed by atoms with Crippen LogP contribution in [0.15, 0.2) is 30.3 Å². The molecule has 1 N–H and O–H groups in total. The Bertz CT molecular complexity index is 459. The van der Waals surface area contributed by atoms with Gasteiger partial charge < -0.3 is 0 Å². The fourth-order valence-corrected chi connectivity index (χ4v) is 2.59. The van der Waals surface area contributed by atoms with Crippen LogP contribution in [0, 0.1) is 0 Å². The summed E-state index contributed by atoms with van der Waals surface area (Å²) in [6, 6.07) is 10.2. The molecule has 0 radical (unpaired) electrons. The molecule has 2 amide bonds. The molecule has 1 atom stereocenters. The minimum absolute atomic E-state index is 0.0212. The highest BCUT2D eigenvalue weighted by molar-refractivity contribution is 5.82. The van der Waals surface area contributed by atoms with Gasteiger partial charge in [-0.25, -0.2) is 0 Å². The summed E-state index contributed by atoms with van der Waals surface area (Å²) in [7, 11) is 0. The Kier molecular flexibility index (Phi) is 5.16. The van der Waals surface area contributed by atoms with E-state index in [2.05, 4.69) is 17.6 Å². The molecule has 0 spiro atoms. The van der Waals surface area contributed by atoms with E-state index in [0.29, 0.717) is 25.3 Å². The van der Waals surface area contributed by atoms with Gasteiger partial charge in [0, 0.05) is 25.3 Å². The molecule has 20 heavy (non-hydrogen) atoms. The van der Waals surface area contributed by atoms with Crippen molar-refractivity contribution in [2.75, 3.05) is 6.54 Å². The van der Waals surface area contributed by atoms with Crippen LogP contribution in [0.25, 0.3) is 0 Å². The van der Waals surface area contributed by atoms with Crippen LogP contribution in [0.5, 0.6) is 0 Å². The Balaban J connectivity index is 2.06. The van der Waals surface area contributed by atoms with E-state index >= 15 is 0 Å². The van der Waals surface area contributed by atoms with Crippen molar-refractivity contribution in [2.24, 2.45) is 0 Å². The molecule has 1 fully saturated rings. The lowest BCUT2D eigenvalue weighted by Gasteiger charge is -2.25. The van der Waals surface area contributed by atoms with Gasteiger partial charge in [-0.2, -0.15) is 0 Å². The number of hydrogen-bond donors (Lipinski definition) is 1. The highest BCUT2D eigenvalue weighted by Gasteiger charge is 2.25. The molecule has 0 bridgehead atoms. The smallest absolute Gasteiger partial charge is 0.240 e. The molecule has 1 unspecified atom stereocenters. The van der Waals surface area contributed by atoms with Crippen LogP contribution >= 0.6 is 0 Å². The van der Waals surface area contributed by atoms with Gasteiger partial charge in [-0.1, -0.05) is 37.3 Å². The van der Waals surface area contributed by atoms with Crippen molar-refractivity contribution in [1.82, 2.24) is 10.4 Å². The topological polar surface area (TPSA) is 49.4 Å². The summed E-state index contributed by atoms with van der Waals surface area (Å²) in [6.45, 7) is 2.52. The van der Waals surface area contributed by atoms with Crippen molar-refractivity contribution in [3.63, 3.8) is 0 Å². The predicted molar refractivity (Wildman–Crippen MR) is 77.8 cm³/mol. The van der Waals surface area contributed by atoms with Crippen molar-refractivity contribution >= 4 is 11.8 Å². The van der Waals surface area contributed by atoms with Gasteiger partial charge in [0.05, 0.1) is 0 Å². The minimum Gasteiger partial charge on any atom is -0.273 e. The molecule has 2 rings (SSSR count). The zero-order valence-corrected chi connectivity index (χ0v) is 12.0. The Morgan fingerprint density at radius 2 is 2.10 bits per heavy atom. The van der Waals surface area contributed by atoms with Gasteiger partial charge in [-0.15, -0.1) is 0 Å². The van der Waals surface area contributed by atoms with Gasteiger partial charge in [0.15, 0.2) is 0 Å². The van der Waals surface area contributed by atoms with Crippen molar-refractivity contribution in [3.8, 4) is 0 Å². The van der Waals surface area contributed by atoms with E-state index in [-0.39, 0.29) is 11.8 Å². The SMILES string of the molecule is CCCC(=O)NN1CC(c2ccccc2)CCCC1=O. The second-order valence-corrected chi connectivity index (χ2v) is 5.29. The lowest BCUT2D eigenvalue weighted by atomic mass is 9.95. The third kappa shape index (κ3) is 3.83. The van der Waals surface area contributed by atoms with Crippen molar-refractivity contribution in [3.05, 3.63) is 35.9 Å². The number of carbonyl (C=O) groups excluding carboxylic acids is 2. The zero-order chi connectivity index (χ0) is 14.4. The molecule has 4 heteroatoms. The maximum atomic E-state index is 12.0. The third-order valence-electron chi connectivity index (χ3n) is 3.65. The monoisotopic (exact) mass is 274 g/mol. The molecule has 1 aliphatic rings. The van der Waals surface area contributed by atoms with Crippen LogP contribution in [0.3, 0.4) is 0 Å². The van der Waals surface area contributed by atoms with Crippen LogP contribution in [-0.4, -0.2) is 23.4 Å². The summed E-state index contributed by atoms with van der Waals surface area (Å²) in [5, 5.41) is 1.52. The third-order valence-corrected chi connectivity index (χ3v) is 3.65. The second kappa shape index (κ2) is 7.08. The standard InChI is InChI=1S/C16H22N2O2/c1-2-7-15(19)17-18-12-14(10-6-11-16(18)20)13-8-4-3-5-9-13/h3-5,8-9,14H,2,6-7,10-12H2,1H3,(H,17,19). The minimum atomic E-state index is -0.0745. The Morgan fingerprint density at radius 1 is 1.35 bits per heavy atom. The van der Waals surface area contributed by atoms with E-state index in [1.807, 2.05) is 25.1 Å². The first kappa shape index (κ1) is 14.6. The first-order valence-corrected chi connectivity index (χ1v) is 7.35. The highest BCUT2D eigenvalue weighted by Crippen LogP contribution is 2.26. The van der Waals surface area contributed by atoms with Gasteiger partial charge in [0.25, 0.3) is 0 Å². The number of nitrogens with one attached hydrogen (secondary N) is 1. The molecular weight excluding hydrogens is 252 g/mol. The molecule has 1 aliphatic heterocycles. The van der Waals surface area contributed by atoms with E-state index in [9.17, 15) is 9.59 Å². The van der Waals surface area contributed by atoms with Gasteiger partial charge in [-0.05, 0) is 24.8 Å². The number of hydrazine groups is 1. The van der Waals surface area contributed by atoms with E-state index in [1.54, 1.807) is 0 Å². The number of benzene rings is 1. The van der Waals surface area contributed by atoms with Crippen LogP contribution in [0.1, 0.15) is 50.5 Å². The summed E-state index contributed by atoms with van der Waals surface area (Å²) < 4.78 is 0. The van der Waals surface area contributed by atoms with Crippen molar-refractivity contribution < 1.29 is 9.59 Å². The molecule has 0 aromatic heterocycles. The first-order valence-electron chi connectivity index (χ1n) is 7.35. The number of carbonyl (C=O) groups is 2. The quantitative estimate of drug-likeness (QED) is 0.917. The molecule has 1 aromatic carbocycles. The van der Waals surface area contributed by atoms with Crippen LogP contribution in [0.2, 0.25) is 0 Å². The van der Waals surface area contributed by atoms with E-state index in [1.165, 1.54) is 10.6 Å². The highest BCUT2D eigenvalue weighted by atomic mass is 16.2. The lowest BCUT2D eigenvalue weighted by Crippen LogP contribution is -2.46. The van der Waals surface area contributed by atoms with Gasteiger partial charge in [0.2, 0.25) is 11.8 Å². The summed E-state index contributed by atoms with van der Waals surface area (Å²) in [6.07, 6.45) is 3.61. The molecule has 4 nitrogen and oxygen atoms in total. The van der Waals surface area contributed by atoms with Crippen LogP contribution in [-0.2, 0) is 9.59 Å². The fraction of sp³-hybridized carbons (Fsp3) is 0.500. The molecule has 1 aromatic rings. The average Bonchev–Trinajstić information content (AvgIpc) is 2.63. The summed E-state index contributed by atoms with van der Waals surface area (Å²) in [4.78, 5) is 23.7. The first-order chi connectivity index (χ1) is 9.70. The van der Waals surface area contributed by atoms with Gasteiger partial charge in [-0.3, -0.25) is 20.0 Å². The van der Waals surface area contributed by atoms with Crippen molar-refractivity contribution in [1.29, 1.82) is 0 Å². The number of hydrogen-bond acceptors (Lipinski definition) is 2. The average molecular weight is 274 g/mol. The summed E-state index contributed by atoms with van der Waals surface area (Å²) in [5.41, 5.74) is 3.99. The summed E-state index contributed by atoms with van der Waals surface area (Å²) >= 11 is 0. The molecule has 1 saturated heterocycles. The summed E-state index contributed by atoms with van der Waals surface area (Å²) in [5.74, 6) is 0.243. The van der Waals surface area contributed by atoms with Gasteiger partial charge >= 0.3 is 0 Å². The van der Waals surface area contributed by atoms with E-state index in [4.69, 9.17) is 0 Å². The maximum Gasteiger partial charge on any atom is 0.240 e. The molecule has 0 saturated carbocycles. The molecular formula is C16H22N2O2. The normalized spacial score (nSPS) is 19.6. The fourth-order valence-electron chi connectivity index (χ4n) is 2.59. The van der Waals surface area contributed by atoms with E-state index < -0.39 is 0 Å². The molecule has 108 valence electrons. The van der Waals surface area contributed by atoms with Crippen molar-refractivity contribution in [2.45, 2.75) is 44.9 Å². The Hall–Kier alpha value is -1.84. The van der Waals surface area contributed by atoms with Gasteiger partial charge in [0.1, 0.15) is 0 Å².